The summed E-state index contributed by atoms with van der Waals surface area (Å²) in [6.07, 6.45) is 1.89. The van der Waals surface area contributed by atoms with Crippen LogP contribution in [0, 0.1) is 0 Å². The molecule has 2 rings (SSSR count). The Morgan fingerprint density at radius 3 is 2.61 bits per heavy atom. The summed E-state index contributed by atoms with van der Waals surface area (Å²) in [4.78, 5) is 16.1. The highest BCUT2D eigenvalue weighted by molar-refractivity contribution is 5.91. The predicted molar refractivity (Wildman–Crippen MR) is 87.0 cm³/mol. The molecule has 0 bridgehead atoms. The van der Waals surface area contributed by atoms with E-state index < -0.39 is 0 Å². The van der Waals surface area contributed by atoms with E-state index in [9.17, 15) is 4.79 Å². The summed E-state index contributed by atoms with van der Waals surface area (Å²) in [7, 11) is 1.60. The lowest BCUT2D eigenvalue weighted by molar-refractivity contribution is -0.117. The monoisotopic (exact) mass is 316 g/mol. The van der Waals surface area contributed by atoms with Crippen molar-refractivity contribution < 1.29 is 19.0 Å². The molecular formula is C17H20N2O4. The summed E-state index contributed by atoms with van der Waals surface area (Å²) < 4.78 is 16.0. The normalized spacial score (nSPS) is 10.2. The lowest BCUT2D eigenvalue weighted by Gasteiger charge is -2.11. The van der Waals surface area contributed by atoms with Crippen molar-refractivity contribution in [3.63, 3.8) is 0 Å². The summed E-state index contributed by atoms with van der Waals surface area (Å²) in [5, 5.41) is 2.78. The lowest BCUT2D eigenvalue weighted by Crippen LogP contribution is -2.15. The molecular weight excluding hydrogens is 296 g/mol. The van der Waals surface area contributed by atoms with Gasteiger partial charge in [0.1, 0.15) is 17.2 Å². The van der Waals surface area contributed by atoms with Crippen molar-refractivity contribution in [2.45, 2.75) is 13.3 Å². The van der Waals surface area contributed by atoms with Gasteiger partial charge < -0.3 is 19.5 Å². The lowest BCUT2D eigenvalue weighted by atomic mass is 10.3. The van der Waals surface area contributed by atoms with Crippen molar-refractivity contribution in [3.05, 3.63) is 42.6 Å². The Hall–Kier alpha value is -2.60. The van der Waals surface area contributed by atoms with E-state index in [2.05, 4.69) is 10.3 Å². The molecule has 1 aromatic heterocycles. The minimum Gasteiger partial charge on any atom is -0.497 e. The number of benzene rings is 1. The molecule has 2 aromatic rings. The van der Waals surface area contributed by atoms with E-state index in [1.807, 2.05) is 6.92 Å². The fourth-order valence-electron chi connectivity index (χ4n) is 1.84. The fourth-order valence-corrected chi connectivity index (χ4v) is 1.84. The molecule has 0 spiro atoms. The molecule has 6 heteroatoms. The summed E-state index contributed by atoms with van der Waals surface area (Å²) in [5.41, 5.74) is 0.518. The Morgan fingerprint density at radius 2 is 1.91 bits per heavy atom. The molecule has 0 aliphatic heterocycles. The van der Waals surface area contributed by atoms with Gasteiger partial charge in [0.25, 0.3) is 0 Å². The molecule has 1 N–H and O–H groups in total. The SMILES string of the molecule is CCOCCC(=O)Nc1cccnc1Oc1ccc(OC)cc1. The molecule has 0 saturated heterocycles. The van der Waals surface area contributed by atoms with E-state index in [4.69, 9.17) is 14.2 Å². The second-order valence-electron chi connectivity index (χ2n) is 4.63. The number of methoxy groups -OCH3 is 1. The van der Waals surface area contributed by atoms with E-state index in [1.165, 1.54) is 0 Å². The number of nitrogens with one attached hydrogen (secondary N) is 1. The number of pyridine rings is 1. The Bertz CT molecular complexity index is 629. The van der Waals surface area contributed by atoms with Gasteiger partial charge in [0.05, 0.1) is 20.1 Å². The van der Waals surface area contributed by atoms with Crippen LogP contribution in [0.5, 0.6) is 17.4 Å². The topological polar surface area (TPSA) is 69.7 Å². The van der Waals surface area contributed by atoms with Crippen molar-refractivity contribution in [2.24, 2.45) is 0 Å². The molecule has 6 nitrogen and oxygen atoms in total. The number of hydrogen-bond acceptors (Lipinski definition) is 5. The van der Waals surface area contributed by atoms with Crippen LogP contribution in [0.25, 0.3) is 0 Å². The first kappa shape index (κ1) is 16.8. The zero-order chi connectivity index (χ0) is 16.5. The highest BCUT2D eigenvalue weighted by Crippen LogP contribution is 2.28. The number of carbonyl (C=O) groups is 1. The van der Waals surface area contributed by atoms with Gasteiger partial charge in [-0.25, -0.2) is 4.98 Å². The predicted octanol–water partition coefficient (Wildman–Crippen LogP) is 3.25. The van der Waals surface area contributed by atoms with Gasteiger partial charge in [-0.05, 0) is 43.3 Å². The first-order chi connectivity index (χ1) is 11.2. The smallest absolute Gasteiger partial charge is 0.243 e. The molecule has 0 aliphatic carbocycles. The maximum absolute atomic E-state index is 11.9. The maximum atomic E-state index is 11.9. The molecule has 0 atom stereocenters. The van der Waals surface area contributed by atoms with Gasteiger partial charge in [0.15, 0.2) is 0 Å². The molecule has 0 aliphatic rings. The number of amides is 1. The van der Waals surface area contributed by atoms with E-state index >= 15 is 0 Å². The van der Waals surface area contributed by atoms with Crippen molar-refractivity contribution in [2.75, 3.05) is 25.6 Å². The van der Waals surface area contributed by atoms with Gasteiger partial charge >= 0.3 is 0 Å². The van der Waals surface area contributed by atoms with Crippen molar-refractivity contribution in [1.82, 2.24) is 4.98 Å². The van der Waals surface area contributed by atoms with E-state index in [0.717, 1.165) is 5.75 Å². The zero-order valence-electron chi connectivity index (χ0n) is 13.2. The molecule has 0 radical (unpaired) electrons. The van der Waals surface area contributed by atoms with Gasteiger partial charge in [-0.3, -0.25) is 4.79 Å². The van der Waals surface area contributed by atoms with Crippen LogP contribution in [0.1, 0.15) is 13.3 Å². The minimum absolute atomic E-state index is 0.147. The van der Waals surface area contributed by atoms with Gasteiger partial charge in [-0.15, -0.1) is 0 Å². The van der Waals surface area contributed by atoms with E-state index in [1.54, 1.807) is 49.7 Å². The van der Waals surface area contributed by atoms with Crippen LogP contribution in [0.4, 0.5) is 5.69 Å². The first-order valence-electron chi connectivity index (χ1n) is 7.37. The fraction of sp³-hybridized carbons (Fsp3) is 0.294. The number of carbonyl (C=O) groups excluding carboxylic acids is 1. The second-order valence-corrected chi connectivity index (χ2v) is 4.63. The molecule has 0 fully saturated rings. The highest BCUT2D eigenvalue weighted by Gasteiger charge is 2.10. The Morgan fingerprint density at radius 1 is 1.17 bits per heavy atom. The van der Waals surface area contributed by atoms with Gasteiger partial charge in [0, 0.05) is 12.8 Å². The minimum atomic E-state index is -0.147. The average Bonchev–Trinajstić information content (AvgIpc) is 2.57. The number of ether oxygens (including phenoxy) is 3. The zero-order valence-corrected chi connectivity index (χ0v) is 13.2. The number of rotatable bonds is 8. The average molecular weight is 316 g/mol. The van der Waals surface area contributed by atoms with Crippen LogP contribution < -0.4 is 14.8 Å². The molecule has 1 amide bonds. The summed E-state index contributed by atoms with van der Waals surface area (Å²) in [6, 6.07) is 10.6. The third-order valence-electron chi connectivity index (χ3n) is 3.00. The third kappa shape index (κ3) is 5.27. The second kappa shape index (κ2) is 8.75. The molecule has 1 aromatic carbocycles. The van der Waals surface area contributed by atoms with Crippen LogP contribution in [0.3, 0.4) is 0 Å². The van der Waals surface area contributed by atoms with Crippen LogP contribution in [0.15, 0.2) is 42.6 Å². The maximum Gasteiger partial charge on any atom is 0.243 e. The summed E-state index contributed by atoms with van der Waals surface area (Å²) in [6.45, 7) is 2.86. The van der Waals surface area contributed by atoms with Crippen molar-refractivity contribution in [1.29, 1.82) is 0 Å². The van der Waals surface area contributed by atoms with Crippen molar-refractivity contribution >= 4 is 11.6 Å². The van der Waals surface area contributed by atoms with Crippen LogP contribution in [-0.2, 0) is 9.53 Å². The molecule has 122 valence electrons. The molecule has 23 heavy (non-hydrogen) atoms. The number of nitrogens with zero attached hydrogens (tertiary/aromatic N) is 1. The van der Waals surface area contributed by atoms with Crippen LogP contribution >= 0.6 is 0 Å². The highest BCUT2D eigenvalue weighted by atomic mass is 16.5. The number of anilines is 1. The van der Waals surface area contributed by atoms with Gasteiger partial charge in [0.2, 0.25) is 11.8 Å². The Labute approximate surface area is 135 Å². The summed E-state index contributed by atoms with van der Waals surface area (Å²) >= 11 is 0. The summed E-state index contributed by atoms with van der Waals surface area (Å²) in [5.74, 6) is 1.53. The molecule has 1 heterocycles. The van der Waals surface area contributed by atoms with Gasteiger partial charge in [-0.1, -0.05) is 0 Å². The van der Waals surface area contributed by atoms with Crippen LogP contribution in [-0.4, -0.2) is 31.2 Å². The largest absolute Gasteiger partial charge is 0.497 e. The van der Waals surface area contributed by atoms with Gasteiger partial charge in [-0.2, -0.15) is 0 Å². The molecule has 0 unspecified atom stereocenters. The number of aromatic nitrogens is 1. The van der Waals surface area contributed by atoms with E-state index in [-0.39, 0.29) is 12.3 Å². The molecule has 0 saturated carbocycles. The van der Waals surface area contributed by atoms with Crippen molar-refractivity contribution in [3.8, 4) is 17.4 Å². The van der Waals surface area contributed by atoms with Crippen LogP contribution in [0.2, 0.25) is 0 Å². The standard InChI is InChI=1S/C17H20N2O4/c1-3-22-12-10-16(20)19-15-5-4-11-18-17(15)23-14-8-6-13(21-2)7-9-14/h4-9,11H,3,10,12H2,1-2H3,(H,19,20). The Kier molecular flexibility index (Phi) is 6.38. The number of hydrogen-bond donors (Lipinski definition) is 1. The first-order valence-corrected chi connectivity index (χ1v) is 7.37. The quantitative estimate of drug-likeness (QED) is 0.757. The Balaban J connectivity index is 2.03. The third-order valence-corrected chi connectivity index (χ3v) is 3.00. The van der Waals surface area contributed by atoms with E-state index in [0.29, 0.717) is 30.5 Å².